The molecule has 1 aliphatic heterocycles. The molecule has 1 aliphatic carbocycles. The van der Waals surface area contributed by atoms with Crippen molar-refractivity contribution in [1.82, 2.24) is 0 Å². The molecule has 18 heavy (non-hydrogen) atoms. The van der Waals surface area contributed by atoms with Gasteiger partial charge in [0.2, 0.25) is 0 Å². The topological polar surface area (TPSA) is 18.5 Å². The van der Waals surface area contributed by atoms with Gasteiger partial charge in [0.25, 0.3) is 0 Å². The van der Waals surface area contributed by atoms with Gasteiger partial charge in [-0.15, -0.1) is 0 Å². The highest BCUT2D eigenvalue weighted by Gasteiger charge is 2.22. The second-order valence-electron chi connectivity index (χ2n) is 5.25. The van der Waals surface area contributed by atoms with Crippen molar-refractivity contribution in [2.75, 3.05) is 13.2 Å². The third-order valence-corrected chi connectivity index (χ3v) is 3.73. The molecule has 1 heterocycles. The molecule has 0 bridgehead atoms. The van der Waals surface area contributed by atoms with Gasteiger partial charge in [0, 0.05) is 5.92 Å². The van der Waals surface area contributed by atoms with E-state index in [9.17, 15) is 4.39 Å². The molecule has 2 nitrogen and oxygen atoms in total. The smallest absolute Gasteiger partial charge is 0.157 e. The van der Waals surface area contributed by atoms with Crippen LogP contribution >= 0.6 is 0 Å². The van der Waals surface area contributed by atoms with E-state index in [0.29, 0.717) is 18.3 Å². The van der Waals surface area contributed by atoms with Gasteiger partial charge in [-0.05, 0) is 44.9 Å². The van der Waals surface area contributed by atoms with E-state index in [4.69, 9.17) is 9.47 Å². The Morgan fingerprint density at radius 2 is 2.11 bits per heavy atom. The molecule has 0 aromatic carbocycles. The van der Waals surface area contributed by atoms with Crippen molar-refractivity contribution >= 4 is 0 Å². The minimum absolute atomic E-state index is 0.0535. The standard InChI is InChI=1S/C15H23FO2/c1-2-3-13-10-17-15(18-11-13)9-6-12-4-7-14(16)8-5-12/h2-3,7,12-13,15H,4-6,8-11H2,1H3. The molecule has 3 heteroatoms. The number of allylic oxidation sites excluding steroid dienone is 3. The summed E-state index contributed by atoms with van der Waals surface area (Å²) in [7, 11) is 0. The molecule has 0 saturated carbocycles. The van der Waals surface area contributed by atoms with Crippen LogP contribution in [-0.2, 0) is 9.47 Å². The minimum Gasteiger partial charge on any atom is -0.352 e. The van der Waals surface area contributed by atoms with Crippen LogP contribution in [-0.4, -0.2) is 19.5 Å². The van der Waals surface area contributed by atoms with Crippen LogP contribution in [0.2, 0.25) is 0 Å². The molecule has 0 amide bonds. The summed E-state index contributed by atoms with van der Waals surface area (Å²) in [6.07, 6.45) is 10.3. The molecule has 1 fully saturated rings. The van der Waals surface area contributed by atoms with E-state index < -0.39 is 0 Å². The lowest BCUT2D eigenvalue weighted by atomic mass is 9.89. The predicted molar refractivity (Wildman–Crippen MR) is 69.8 cm³/mol. The van der Waals surface area contributed by atoms with Crippen LogP contribution in [0.15, 0.2) is 24.1 Å². The van der Waals surface area contributed by atoms with E-state index in [1.54, 1.807) is 6.08 Å². The highest BCUT2D eigenvalue weighted by atomic mass is 19.1. The molecule has 0 spiro atoms. The minimum atomic E-state index is -0.0535. The highest BCUT2D eigenvalue weighted by molar-refractivity contribution is 4.97. The van der Waals surface area contributed by atoms with Crippen molar-refractivity contribution in [2.45, 2.75) is 45.3 Å². The number of hydrogen-bond acceptors (Lipinski definition) is 2. The van der Waals surface area contributed by atoms with Gasteiger partial charge in [-0.3, -0.25) is 0 Å². The van der Waals surface area contributed by atoms with Gasteiger partial charge in [-0.1, -0.05) is 18.2 Å². The SMILES string of the molecule is CC=CC1COC(CCC2CC=C(F)CC2)OC1. The van der Waals surface area contributed by atoms with E-state index in [0.717, 1.165) is 38.9 Å². The third kappa shape index (κ3) is 4.21. The molecule has 1 saturated heterocycles. The monoisotopic (exact) mass is 254 g/mol. The van der Waals surface area contributed by atoms with E-state index in [1.807, 2.05) is 13.0 Å². The maximum Gasteiger partial charge on any atom is 0.157 e. The summed E-state index contributed by atoms with van der Waals surface area (Å²) in [5.74, 6) is 1.06. The molecule has 102 valence electrons. The molecule has 1 atom stereocenters. The number of rotatable bonds is 4. The molecule has 0 radical (unpaired) electrons. The maximum absolute atomic E-state index is 12.9. The highest BCUT2D eigenvalue weighted by Crippen LogP contribution is 2.29. The predicted octanol–water partition coefficient (Wildman–Crippen LogP) is 3.99. The van der Waals surface area contributed by atoms with Crippen LogP contribution in [0.4, 0.5) is 4.39 Å². The second-order valence-corrected chi connectivity index (χ2v) is 5.25. The normalized spacial score (nSPS) is 33.7. The van der Waals surface area contributed by atoms with Gasteiger partial charge in [-0.2, -0.15) is 0 Å². The first-order chi connectivity index (χ1) is 8.78. The van der Waals surface area contributed by atoms with Crippen molar-refractivity contribution in [3.05, 3.63) is 24.1 Å². The van der Waals surface area contributed by atoms with Crippen LogP contribution < -0.4 is 0 Å². The van der Waals surface area contributed by atoms with Crippen molar-refractivity contribution in [2.24, 2.45) is 11.8 Å². The first kappa shape index (κ1) is 13.8. The number of ether oxygens (including phenoxy) is 2. The maximum atomic E-state index is 12.9. The Balaban J connectivity index is 1.63. The molecule has 2 aliphatic rings. The lowest BCUT2D eigenvalue weighted by molar-refractivity contribution is -0.196. The molecule has 0 N–H and O–H groups in total. The van der Waals surface area contributed by atoms with E-state index in [-0.39, 0.29) is 12.1 Å². The molecule has 0 aromatic rings. The van der Waals surface area contributed by atoms with Gasteiger partial charge in [0.05, 0.1) is 19.0 Å². The zero-order valence-corrected chi connectivity index (χ0v) is 11.1. The Labute approximate surface area is 109 Å². The lowest BCUT2D eigenvalue weighted by Crippen LogP contribution is -2.31. The fourth-order valence-corrected chi connectivity index (χ4v) is 2.60. The summed E-state index contributed by atoms with van der Waals surface area (Å²) < 4.78 is 24.3. The zero-order chi connectivity index (χ0) is 12.8. The van der Waals surface area contributed by atoms with E-state index >= 15 is 0 Å². The van der Waals surface area contributed by atoms with Gasteiger partial charge < -0.3 is 9.47 Å². The van der Waals surface area contributed by atoms with E-state index in [1.165, 1.54) is 0 Å². The summed E-state index contributed by atoms with van der Waals surface area (Å²) in [4.78, 5) is 0. The second kappa shape index (κ2) is 7.05. The molecule has 0 aromatic heterocycles. The van der Waals surface area contributed by atoms with Crippen LogP contribution in [0.5, 0.6) is 0 Å². The van der Waals surface area contributed by atoms with Crippen molar-refractivity contribution < 1.29 is 13.9 Å². The number of halogens is 1. The van der Waals surface area contributed by atoms with Gasteiger partial charge >= 0.3 is 0 Å². The average molecular weight is 254 g/mol. The Kier molecular flexibility index (Phi) is 5.39. The third-order valence-electron chi connectivity index (χ3n) is 3.73. The molecular formula is C15H23FO2. The summed E-state index contributed by atoms with van der Waals surface area (Å²) in [5.41, 5.74) is 0. The van der Waals surface area contributed by atoms with Crippen molar-refractivity contribution in [3.8, 4) is 0 Å². The molecule has 1 unspecified atom stereocenters. The Hall–Kier alpha value is -0.670. The van der Waals surface area contributed by atoms with Gasteiger partial charge in [-0.25, -0.2) is 4.39 Å². The van der Waals surface area contributed by atoms with Crippen LogP contribution in [0, 0.1) is 11.8 Å². The average Bonchev–Trinajstić information content (AvgIpc) is 2.40. The molecular weight excluding hydrogens is 231 g/mol. The summed E-state index contributed by atoms with van der Waals surface area (Å²) >= 11 is 0. The summed E-state index contributed by atoms with van der Waals surface area (Å²) in [6.45, 7) is 3.53. The van der Waals surface area contributed by atoms with Gasteiger partial charge in [0.15, 0.2) is 6.29 Å². The van der Waals surface area contributed by atoms with Crippen LogP contribution in [0.3, 0.4) is 0 Å². The Morgan fingerprint density at radius 1 is 1.33 bits per heavy atom. The first-order valence-corrected chi connectivity index (χ1v) is 6.98. The summed E-state index contributed by atoms with van der Waals surface area (Å²) in [5, 5.41) is 0. The fourth-order valence-electron chi connectivity index (χ4n) is 2.60. The van der Waals surface area contributed by atoms with Gasteiger partial charge in [0.1, 0.15) is 0 Å². The number of hydrogen-bond donors (Lipinski definition) is 0. The Morgan fingerprint density at radius 3 is 2.72 bits per heavy atom. The summed E-state index contributed by atoms with van der Waals surface area (Å²) in [6, 6.07) is 0. The largest absolute Gasteiger partial charge is 0.352 e. The van der Waals surface area contributed by atoms with E-state index in [2.05, 4.69) is 6.08 Å². The Bertz CT molecular complexity index is 304. The van der Waals surface area contributed by atoms with Crippen molar-refractivity contribution in [1.29, 1.82) is 0 Å². The van der Waals surface area contributed by atoms with Crippen LogP contribution in [0.1, 0.15) is 39.0 Å². The lowest BCUT2D eigenvalue weighted by Gasteiger charge is -2.29. The van der Waals surface area contributed by atoms with Crippen LogP contribution in [0.25, 0.3) is 0 Å². The fraction of sp³-hybridized carbons (Fsp3) is 0.733. The zero-order valence-electron chi connectivity index (χ0n) is 11.1. The van der Waals surface area contributed by atoms with Crippen molar-refractivity contribution in [3.63, 3.8) is 0 Å². The molecule has 2 rings (SSSR count). The quantitative estimate of drug-likeness (QED) is 0.706. The first-order valence-electron chi connectivity index (χ1n) is 6.98.